The number of carboxylic acids is 1. The molecule has 19 heavy (non-hydrogen) atoms. The molecule has 1 aliphatic heterocycles. The molecular formula is C13H15ClN2O3. The highest BCUT2D eigenvalue weighted by atomic mass is 35.5. The molecule has 0 saturated carbocycles. The van der Waals surface area contributed by atoms with Crippen LogP contribution in [-0.4, -0.2) is 36.6 Å². The molecule has 5 nitrogen and oxygen atoms in total. The van der Waals surface area contributed by atoms with E-state index >= 15 is 0 Å². The van der Waals surface area contributed by atoms with Gasteiger partial charge in [-0.25, -0.2) is 0 Å². The lowest BCUT2D eigenvalue weighted by Gasteiger charge is -2.24. The Morgan fingerprint density at radius 1 is 1.47 bits per heavy atom. The number of amides is 1. The minimum atomic E-state index is -1.04. The van der Waals surface area contributed by atoms with Crippen LogP contribution in [0.2, 0.25) is 5.02 Å². The quantitative estimate of drug-likeness (QED) is 0.875. The molecule has 1 atom stereocenters. The van der Waals surface area contributed by atoms with Gasteiger partial charge in [0.05, 0.1) is 5.92 Å². The molecule has 1 saturated heterocycles. The highest BCUT2D eigenvalue weighted by molar-refractivity contribution is 6.31. The Balaban J connectivity index is 2.24. The van der Waals surface area contributed by atoms with Gasteiger partial charge in [-0.05, 0) is 31.2 Å². The van der Waals surface area contributed by atoms with Crippen molar-refractivity contribution < 1.29 is 14.7 Å². The highest BCUT2D eigenvalue weighted by Gasteiger charge is 2.29. The zero-order chi connectivity index (χ0) is 13.8. The molecule has 6 heteroatoms. The summed E-state index contributed by atoms with van der Waals surface area (Å²) in [4.78, 5) is 24.6. The van der Waals surface area contributed by atoms with Crippen LogP contribution in [0.1, 0.15) is 6.42 Å². The molecule has 1 unspecified atom stereocenters. The van der Waals surface area contributed by atoms with E-state index in [1.807, 2.05) is 0 Å². The van der Waals surface area contributed by atoms with Crippen molar-refractivity contribution in [1.29, 1.82) is 0 Å². The number of carbonyl (C=O) groups is 2. The SMILES string of the molecule is O=C(O)CN(C(=O)C1CCNC1)c1cccc(Cl)c1. The van der Waals surface area contributed by atoms with E-state index in [9.17, 15) is 9.59 Å². The number of carbonyl (C=O) groups excluding carboxylic acids is 1. The third kappa shape index (κ3) is 3.45. The summed E-state index contributed by atoms with van der Waals surface area (Å²) >= 11 is 5.89. The number of hydrogen-bond acceptors (Lipinski definition) is 3. The van der Waals surface area contributed by atoms with Gasteiger partial charge >= 0.3 is 5.97 Å². The Labute approximate surface area is 116 Å². The number of aliphatic carboxylic acids is 1. The molecular weight excluding hydrogens is 268 g/mol. The molecule has 1 aliphatic rings. The van der Waals surface area contributed by atoms with E-state index in [-0.39, 0.29) is 18.4 Å². The number of halogens is 1. The molecule has 0 bridgehead atoms. The van der Waals surface area contributed by atoms with Crippen LogP contribution in [0, 0.1) is 5.92 Å². The molecule has 1 fully saturated rings. The van der Waals surface area contributed by atoms with Crippen LogP contribution >= 0.6 is 11.6 Å². The largest absolute Gasteiger partial charge is 0.480 e. The topological polar surface area (TPSA) is 69.6 Å². The van der Waals surface area contributed by atoms with Gasteiger partial charge in [-0.2, -0.15) is 0 Å². The lowest BCUT2D eigenvalue weighted by molar-refractivity contribution is -0.137. The average molecular weight is 283 g/mol. The standard InChI is InChI=1S/C13H15ClN2O3/c14-10-2-1-3-11(6-10)16(8-12(17)18)13(19)9-4-5-15-7-9/h1-3,6,9,15H,4-5,7-8H2,(H,17,18). The molecule has 102 valence electrons. The Kier molecular flexibility index (Phi) is 4.39. The average Bonchev–Trinajstić information content (AvgIpc) is 2.88. The second-order valence-electron chi connectivity index (χ2n) is 4.49. The molecule has 1 heterocycles. The van der Waals surface area contributed by atoms with Crippen molar-refractivity contribution in [2.45, 2.75) is 6.42 Å². The van der Waals surface area contributed by atoms with Crippen molar-refractivity contribution >= 4 is 29.2 Å². The van der Waals surface area contributed by atoms with Crippen molar-refractivity contribution in [3.63, 3.8) is 0 Å². The molecule has 1 aromatic carbocycles. The molecule has 2 rings (SSSR count). The summed E-state index contributed by atoms with van der Waals surface area (Å²) in [6.45, 7) is 1.03. The van der Waals surface area contributed by atoms with E-state index in [4.69, 9.17) is 16.7 Å². The lowest BCUT2D eigenvalue weighted by atomic mass is 10.1. The predicted molar refractivity (Wildman–Crippen MR) is 72.4 cm³/mol. The van der Waals surface area contributed by atoms with E-state index < -0.39 is 5.97 Å². The van der Waals surface area contributed by atoms with Crippen LogP contribution in [-0.2, 0) is 9.59 Å². The van der Waals surface area contributed by atoms with E-state index in [2.05, 4.69) is 5.32 Å². The zero-order valence-electron chi connectivity index (χ0n) is 10.3. The Morgan fingerprint density at radius 2 is 2.26 bits per heavy atom. The van der Waals surface area contributed by atoms with Crippen LogP contribution < -0.4 is 10.2 Å². The fourth-order valence-corrected chi connectivity index (χ4v) is 2.35. The van der Waals surface area contributed by atoms with Gasteiger partial charge in [0.2, 0.25) is 5.91 Å². The molecule has 0 spiro atoms. The molecule has 0 aromatic heterocycles. The summed E-state index contributed by atoms with van der Waals surface area (Å²) in [5.74, 6) is -1.38. The summed E-state index contributed by atoms with van der Waals surface area (Å²) in [5, 5.41) is 12.5. The summed E-state index contributed by atoms with van der Waals surface area (Å²) in [6, 6.07) is 6.68. The number of benzene rings is 1. The van der Waals surface area contributed by atoms with E-state index in [1.54, 1.807) is 24.3 Å². The van der Waals surface area contributed by atoms with E-state index in [0.29, 0.717) is 17.3 Å². The highest BCUT2D eigenvalue weighted by Crippen LogP contribution is 2.22. The first-order chi connectivity index (χ1) is 9.08. The first-order valence-corrected chi connectivity index (χ1v) is 6.45. The first-order valence-electron chi connectivity index (χ1n) is 6.07. The van der Waals surface area contributed by atoms with E-state index in [0.717, 1.165) is 13.0 Å². The van der Waals surface area contributed by atoms with Crippen molar-refractivity contribution in [3.8, 4) is 0 Å². The number of anilines is 1. The zero-order valence-corrected chi connectivity index (χ0v) is 11.1. The Bertz CT molecular complexity index is 487. The molecule has 1 amide bonds. The fraction of sp³-hybridized carbons (Fsp3) is 0.385. The van der Waals surface area contributed by atoms with Crippen molar-refractivity contribution in [3.05, 3.63) is 29.3 Å². The molecule has 0 aliphatic carbocycles. The minimum absolute atomic E-state index is 0.168. The van der Waals surface area contributed by atoms with Crippen LogP contribution in [0.5, 0.6) is 0 Å². The third-order valence-corrected chi connectivity index (χ3v) is 3.32. The van der Waals surface area contributed by atoms with Gasteiger partial charge in [0.25, 0.3) is 0 Å². The van der Waals surface area contributed by atoms with E-state index in [1.165, 1.54) is 4.90 Å². The van der Waals surface area contributed by atoms with Crippen LogP contribution in [0.15, 0.2) is 24.3 Å². The number of nitrogens with one attached hydrogen (secondary N) is 1. The van der Waals surface area contributed by atoms with Crippen LogP contribution in [0.3, 0.4) is 0 Å². The summed E-state index contributed by atoms with van der Waals surface area (Å²) < 4.78 is 0. The number of hydrogen-bond donors (Lipinski definition) is 2. The van der Waals surface area contributed by atoms with Gasteiger partial charge in [-0.3, -0.25) is 9.59 Å². The summed E-state index contributed by atoms with van der Waals surface area (Å²) in [6.07, 6.45) is 0.732. The number of rotatable bonds is 4. The normalized spacial score (nSPS) is 18.3. The predicted octanol–water partition coefficient (Wildman–Crippen LogP) is 1.37. The van der Waals surface area contributed by atoms with Crippen molar-refractivity contribution in [2.24, 2.45) is 5.92 Å². The minimum Gasteiger partial charge on any atom is -0.480 e. The Hall–Kier alpha value is -1.59. The van der Waals surface area contributed by atoms with Crippen LogP contribution in [0.25, 0.3) is 0 Å². The number of carboxylic acid groups (broad SMARTS) is 1. The third-order valence-electron chi connectivity index (χ3n) is 3.09. The number of nitrogens with zero attached hydrogens (tertiary/aromatic N) is 1. The van der Waals surface area contributed by atoms with Gasteiger partial charge in [0.15, 0.2) is 0 Å². The molecule has 1 aromatic rings. The fourth-order valence-electron chi connectivity index (χ4n) is 2.16. The monoisotopic (exact) mass is 282 g/mol. The Morgan fingerprint density at radius 3 is 2.84 bits per heavy atom. The van der Waals surface area contributed by atoms with Crippen molar-refractivity contribution in [2.75, 3.05) is 24.5 Å². The first kappa shape index (κ1) is 13.8. The van der Waals surface area contributed by atoms with Gasteiger partial charge in [0, 0.05) is 17.3 Å². The van der Waals surface area contributed by atoms with Gasteiger partial charge in [0.1, 0.15) is 6.54 Å². The summed E-state index contributed by atoms with van der Waals surface area (Å²) in [5.41, 5.74) is 0.520. The second-order valence-corrected chi connectivity index (χ2v) is 4.92. The summed E-state index contributed by atoms with van der Waals surface area (Å²) in [7, 11) is 0. The van der Waals surface area contributed by atoms with Crippen LogP contribution in [0.4, 0.5) is 5.69 Å². The van der Waals surface area contributed by atoms with Gasteiger partial charge in [-0.15, -0.1) is 0 Å². The van der Waals surface area contributed by atoms with Gasteiger partial charge < -0.3 is 15.3 Å². The maximum Gasteiger partial charge on any atom is 0.323 e. The molecule has 2 N–H and O–H groups in total. The second kappa shape index (κ2) is 6.04. The smallest absolute Gasteiger partial charge is 0.323 e. The van der Waals surface area contributed by atoms with Crippen molar-refractivity contribution in [1.82, 2.24) is 5.32 Å². The maximum absolute atomic E-state index is 12.4. The van der Waals surface area contributed by atoms with Gasteiger partial charge in [-0.1, -0.05) is 17.7 Å². The molecule has 0 radical (unpaired) electrons. The maximum atomic E-state index is 12.4. The lowest BCUT2D eigenvalue weighted by Crippen LogP contribution is -2.40.